The van der Waals surface area contributed by atoms with Crippen molar-refractivity contribution >= 4 is 22.9 Å². The van der Waals surface area contributed by atoms with Crippen molar-refractivity contribution in [2.24, 2.45) is 5.92 Å². The number of anilines is 1. The summed E-state index contributed by atoms with van der Waals surface area (Å²) in [5.41, 5.74) is 3.12. The molecule has 0 radical (unpaired) electrons. The average molecular weight is 423 g/mol. The van der Waals surface area contributed by atoms with Gasteiger partial charge in [0.15, 0.2) is 0 Å². The molecule has 1 aliphatic rings. The number of piperidine rings is 1. The minimum atomic E-state index is -0.375. The second-order valence-corrected chi connectivity index (χ2v) is 8.89. The summed E-state index contributed by atoms with van der Waals surface area (Å²) in [6.45, 7) is 6.34. The van der Waals surface area contributed by atoms with Crippen molar-refractivity contribution in [2.45, 2.75) is 33.2 Å². The van der Waals surface area contributed by atoms with E-state index >= 15 is 0 Å². The van der Waals surface area contributed by atoms with Crippen molar-refractivity contribution in [3.8, 4) is 11.3 Å². The number of hydrogen-bond acceptors (Lipinski definition) is 5. The zero-order chi connectivity index (χ0) is 21.1. The molecule has 3 aromatic rings. The molecule has 1 unspecified atom stereocenters. The third-order valence-corrected chi connectivity index (χ3v) is 6.26. The zero-order valence-corrected chi connectivity index (χ0v) is 18.1. The number of pyridine rings is 1. The average Bonchev–Trinajstić information content (AvgIpc) is 3.18. The molecule has 0 bridgehead atoms. The summed E-state index contributed by atoms with van der Waals surface area (Å²) in [6.07, 6.45) is 4.01. The van der Waals surface area contributed by atoms with Gasteiger partial charge in [-0.3, -0.25) is 9.59 Å². The van der Waals surface area contributed by atoms with Gasteiger partial charge in [-0.05, 0) is 69.5 Å². The van der Waals surface area contributed by atoms with Gasteiger partial charge in [0.2, 0.25) is 0 Å². The van der Waals surface area contributed by atoms with E-state index in [1.165, 1.54) is 0 Å². The van der Waals surface area contributed by atoms with Crippen molar-refractivity contribution in [3.63, 3.8) is 0 Å². The van der Waals surface area contributed by atoms with Crippen molar-refractivity contribution in [1.82, 2.24) is 14.9 Å². The highest BCUT2D eigenvalue weighted by Crippen LogP contribution is 2.24. The second-order valence-electron chi connectivity index (χ2n) is 7.83. The molecule has 30 heavy (non-hydrogen) atoms. The van der Waals surface area contributed by atoms with Gasteiger partial charge in [-0.15, -0.1) is 11.3 Å². The summed E-state index contributed by atoms with van der Waals surface area (Å²) in [4.78, 5) is 30.6. The smallest absolute Gasteiger partial charge is 0.263 e. The third-order valence-electron chi connectivity index (χ3n) is 5.49. The number of aromatic nitrogens is 2. The predicted octanol–water partition coefficient (Wildman–Crippen LogP) is 3.84. The van der Waals surface area contributed by atoms with E-state index in [1.54, 1.807) is 29.0 Å². The van der Waals surface area contributed by atoms with Gasteiger partial charge >= 0.3 is 0 Å². The van der Waals surface area contributed by atoms with E-state index in [1.807, 2.05) is 42.6 Å². The van der Waals surface area contributed by atoms with Gasteiger partial charge in [0.1, 0.15) is 5.56 Å². The number of thiazole rings is 1. The Kier molecular flexibility index (Phi) is 6.11. The van der Waals surface area contributed by atoms with Crippen LogP contribution in [0.25, 0.3) is 11.3 Å². The normalized spacial score (nSPS) is 16.4. The van der Waals surface area contributed by atoms with Crippen molar-refractivity contribution in [3.05, 3.63) is 68.4 Å². The number of amides is 1. The summed E-state index contributed by atoms with van der Waals surface area (Å²) < 4.78 is 1.67. The molecule has 0 spiro atoms. The quantitative estimate of drug-likeness (QED) is 0.655. The van der Waals surface area contributed by atoms with Crippen LogP contribution in [0.4, 0.5) is 5.69 Å². The first-order chi connectivity index (χ1) is 14.5. The Morgan fingerprint density at radius 3 is 2.93 bits per heavy atom. The molecule has 6 nitrogen and oxygen atoms in total. The zero-order valence-electron chi connectivity index (χ0n) is 17.3. The minimum Gasteiger partial charge on any atom is -0.322 e. The van der Waals surface area contributed by atoms with Crippen LogP contribution in [0.3, 0.4) is 0 Å². The van der Waals surface area contributed by atoms with Crippen LogP contribution >= 0.6 is 11.3 Å². The van der Waals surface area contributed by atoms with Crippen LogP contribution in [0.2, 0.25) is 0 Å². The maximum atomic E-state index is 13.1. The second kappa shape index (κ2) is 8.93. The molecule has 156 valence electrons. The third kappa shape index (κ3) is 4.52. The van der Waals surface area contributed by atoms with Crippen LogP contribution in [0, 0.1) is 19.8 Å². The predicted molar refractivity (Wildman–Crippen MR) is 121 cm³/mol. The molecule has 1 atom stereocenters. The summed E-state index contributed by atoms with van der Waals surface area (Å²) >= 11 is 1.59. The fourth-order valence-corrected chi connectivity index (χ4v) is 4.51. The van der Waals surface area contributed by atoms with Crippen molar-refractivity contribution in [1.29, 1.82) is 0 Å². The molecular weight excluding hydrogens is 396 g/mol. The Labute approximate surface area is 180 Å². The van der Waals surface area contributed by atoms with Crippen molar-refractivity contribution in [2.75, 3.05) is 18.4 Å². The van der Waals surface area contributed by atoms with Gasteiger partial charge < -0.3 is 15.2 Å². The summed E-state index contributed by atoms with van der Waals surface area (Å²) in [6, 6.07) is 9.40. The highest BCUT2D eigenvalue weighted by atomic mass is 32.1. The van der Waals surface area contributed by atoms with Crippen LogP contribution in [-0.4, -0.2) is 28.5 Å². The maximum Gasteiger partial charge on any atom is 0.263 e. The van der Waals surface area contributed by atoms with Gasteiger partial charge in [-0.25, -0.2) is 4.98 Å². The van der Waals surface area contributed by atoms with Gasteiger partial charge in [0, 0.05) is 29.4 Å². The molecule has 3 heterocycles. The van der Waals surface area contributed by atoms with E-state index < -0.39 is 0 Å². The Morgan fingerprint density at radius 1 is 1.33 bits per heavy atom. The number of hydrogen-bond donors (Lipinski definition) is 2. The van der Waals surface area contributed by atoms with E-state index in [9.17, 15) is 9.59 Å². The number of nitrogens with zero attached hydrogens (tertiary/aromatic N) is 2. The number of benzene rings is 1. The number of carbonyl (C=O) groups is 1. The number of aryl methyl sites for hydroxylation is 2. The van der Waals surface area contributed by atoms with Crippen LogP contribution in [0.5, 0.6) is 0 Å². The molecule has 0 aliphatic carbocycles. The lowest BCUT2D eigenvalue weighted by atomic mass is 9.99. The van der Waals surface area contributed by atoms with E-state index in [-0.39, 0.29) is 17.0 Å². The molecule has 1 fully saturated rings. The minimum absolute atomic E-state index is 0.205. The Morgan fingerprint density at radius 2 is 2.20 bits per heavy atom. The van der Waals surface area contributed by atoms with Gasteiger partial charge in [0.05, 0.1) is 10.7 Å². The van der Waals surface area contributed by atoms with Crippen LogP contribution in [0.1, 0.15) is 33.8 Å². The SMILES string of the molecule is Cc1nc(-c2cccc(NC(=O)c3c(C)ccn(CC4CCCNC4)c3=O)c2)cs1. The Bertz CT molecular complexity index is 1110. The summed E-state index contributed by atoms with van der Waals surface area (Å²) in [5, 5.41) is 9.27. The van der Waals surface area contributed by atoms with Crippen LogP contribution in [-0.2, 0) is 6.54 Å². The van der Waals surface area contributed by atoms with E-state index in [0.29, 0.717) is 23.7 Å². The molecule has 1 saturated heterocycles. The molecule has 4 rings (SSSR count). The van der Waals surface area contributed by atoms with Crippen LogP contribution < -0.4 is 16.2 Å². The van der Waals surface area contributed by atoms with E-state index in [4.69, 9.17) is 0 Å². The summed E-state index contributed by atoms with van der Waals surface area (Å²) in [7, 11) is 0. The number of rotatable bonds is 5. The van der Waals surface area contributed by atoms with E-state index in [2.05, 4.69) is 15.6 Å². The first kappa shape index (κ1) is 20.5. The molecule has 1 amide bonds. The molecule has 1 aliphatic heterocycles. The first-order valence-electron chi connectivity index (χ1n) is 10.3. The molecule has 0 saturated carbocycles. The molecular formula is C23H26N4O2S. The highest BCUT2D eigenvalue weighted by molar-refractivity contribution is 7.09. The molecule has 2 aromatic heterocycles. The number of carbonyl (C=O) groups excluding carboxylic acids is 1. The van der Waals surface area contributed by atoms with Crippen LogP contribution in [0.15, 0.2) is 46.7 Å². The number of nitrogens with one attached hydrogen (secondary N) is 2. The first-order valence-corrected chi connectivity index (χ1v) is 11.1. The largest absolute Gasteiger partial charge is 0.322 e. The fraction of sp³-hybridized carbons (Fsp3) is 0.348. The lowest BCUT2D eigenvalue weighted by molar-refractivity contribution is 0.102. The lowest BCUT2D eigenvalue weighted by Gasteiger charge is -2.23. The van der Waals surface area contributed by atoms with Gasteiger partial charge in [-0.1, -0.05) is 12.1 Å². The Balaban J connectivity index is 1.56. The maximum absolute atomic E-state index is 13.1. The standard InChI is InChI=1S/C23H26N4O2S/c1-15-8-10-27(13-17-5-4-9-24-12-17)23(29)21(15)22(28)26-19-7-3-6-18(11-19)20-14-30-16(2)25-20/h3,6-8,10-11,14,17,24H,4-5,9,12-13H2,1-2H3,(H,26,28). The molecule has 2 N–H and O–H groups in total. The van der Waals surface area contributed by atoms with Gasteiger partial charge in [-0.2, -0.15) is 0 Å². The summed E-state index contributed by atoms with van der Waals surface area (Å²) in [5.74, 6) is 0.0357. The monoisotopic (exact) mass is 422 g/mol. The van der Waals surface area contributed by atoms with Crippen molar-refractivity contribution < 1.29 is 4.79 Å². The fourth-order valence-electron chi connectivity index (χ4n) is 3.89. The highest BCUT2D eigenvalue weighted by Gasteiger charge is 2.19. The van der Waals surface area contributed by atoms with E-state index in [0.717, 1.165) is 42.2 Å². The lowest BCUT2D eigenvalue weighted by Crippen LogP contribution is -2.36. The molecule has 1 aromatic carbocycles. The molecule has 7 heteroatoms. The topological polar surface area (TPSA) is 76.0 Å². The Hall–Kier alpha value is -2.77. The van der Waals surface area contributed by atoms with Gasteiger partial charge in [0.25, 0.3) is 11.5 Å².